The number of hydrogen-bond acceptors (Lipinski definition) is 2. The lowest BCUT2D eigenvalue weighted by atomic mass is 9.95. The number of pyridine rings is 1. The Kier molecular flexibility index (Phi) is 2.45. The van der Waals surface area contributed by atoms with Crippen LogP contribution >= 0.6 is 0 Å². The zero-order chi connectivity index (χ0) is 12.8. The molecule has 2 aromatic heterocycles. The highest BCUT2D eigenvalue weighted by Crippen LogP contribution is 2.25. The minimum absolute atomic E-state index is 0.192. The van der Waals surface area contributed by atoms with E-state index in [1.807, 2.05) is 33.8 Å². The van der Waals surface area contributed by atoms with Gasteiger partial charge in [-0.15, -0.1) is 0 Å². The van der Waals surface area contributed by atoms with E-state index in [1.54, 1.807) is 16.5 Å². The van der Waals surface area contributed by atoms with Gasteiger partial charge in [0, 0.05) is 5.41 Å². The van der Waals surface area contributed by atoms with E-state index in [1.165, 1.54) is 0 Å². The molecule has 2 aromatic rings. The van der Waals surface area contributed by atoms with Crippen molar-refractivity contribution in [2.24, 2.45) is 0 Å². The quantitative estimate of drug-likeness (QED) is 0.822. The minimum atomic E-state index is -0.932. The molecule has 4 heteroatoms. The van der Waals surface area contributed by atoms with Crippen molar-refractivity contribution in [1.82, 2.24) is 9.38 Å². The Morgan fingerprint density at radius 1 is 1.35 bits per heavy atom. The van der Waals surface area contributed by atoms with E-state index in [0.29, 0.717) is 0 Å². The van der Waals surface area contributed by atoms with E-state index in [-0.39, 0.29) is 11.1 Å². The Morgan fingerprint density at radius 2 is 2.00 bits per heavy atom. The molecular weight excluding hydrogens is 216 g/mol. The number of hydrogen-bond donors (Lipinski definition) is 1. The van der Waals surface area contributed by atoms with Gasteiger partial charge in [-0.1, -0.05) is 26.8 Å². The number of aromatic carboxylic acids is 1. The fourth-order valence-electron chi connectivity index (χ4n) is 1.96. The summed E-state index contributed by atoms with van der Waals surface area (Å²) in [5.41, 5.74) is 1.78. The molecule has 0 saturated carbocycles. The highest BCUT2D eigenvalue weighted by atomic mass is 16.4. The topological polar surface area (TPSA) is 54.6 Å². The van der Waals surface area contributed by atoms with Gasteiger partial charge in [0.25, 0.3) is 0 Å². The molecule has 0 aliphatic rings. The molecular formula is C13H16N2O2. The van der Waals surface area contributed by atoms with Gasteiger partial charge in [-0.25, -0.2) is 9.78 Å². The molecule has 0 atom stereocenters. The van der Waals surface area contributed by atoms with Crippen LogP contribution < -0.4 is 0 Å². The van der Waals surface area contributed by atoms with Crippen molar-refractivity contribution in [3.8, 4) is 0 Å². The molecule has 0 radical (unpaired) electrons. The number of carboxylic acids is 1. The van der Waals surface area contributed by atoms with Crippen LogP contribution in [0, 0.1) is 6.92 Å². The highest BCUT2D eigenvalue weighted by Gasteiger charge is 2.24. The first-order chi connectivity index (χ1) is 7.82. The van der Waals surface area contributed by atoms with Crippen LogP contribution in [0.1, 0.15) is 42.8 Å². The average molecular weight is 232 g/mol. The van der Waals surface area contributed by atoms with Gasteiger partial charge in [-0.3, -0.25) is 4.40 Å². The number of aryl methyl sites for hydroxylation is 1. The van der Waals surface area contributed by atoms with E-state index in [2.05, 4.69) is 4.98 Å². The molecule has 0 aromatic carbocycles. The van der Waals surface area contributed by atoms with Crippen LogP contribution in [0.5, 0.6) is 0 Å². The predicted molar refractivity (Wildman–Crippen MR) is 65.6 cm³/mol. The molecule has 90 valence electrons. The largest absolute Gasteiger partial charge is 0.477 e. The summed E-state index contributed by atoms with van der Waals surface area (Å²) >= 11 is 0. The molecule has 0 saturated heterocycles. The zero-order valence-corrected chi connectivity index (χ0v) is 10.5. The molecule has 0 aliphatic heterocycles. The molecule has 0 unspecified atom stereocenters. The number of carboxylic acid groups (broad SMARTS) is 1. The lowest BCUT2D eigenvalue weighted by Gasteiger charge is -2.17. The van der Waals surface area contributed by atoms with E-state index in [4.69, 9.17) is 0 Å². The monoisotopic (exact) mass is 232 g/mol. The fraction of sp³-hybridized carbons (Fsp3) is 0.385. The van der Waals surface area contributed by atoms with Crippen LogP contribution in [0.3, 0.4) is 0 Å². The SMILES string of the molecule is Cc1nc(C(C)(C)C)n2c(C(=O)O)cccc12. The van der Waals surface area contributed by atoms with Gasteiger partial charge in [-0.2, -0.15) is 0 Å². The average Bonchev–Trinajstić information content (AvgIpc) is 2.56. The van der Waals surface area contributed by atoms with E-state index < -0.39 is 5.97 Å². The maximum absolute atomic E-state index is 11.3. The molecule has 0 aliphatic carbocycles. The van der Waals surface area contributed by atoms with Crippen LogP contribution in [0.15, 0.2) is 18.2 Å². The number of aromatic nitrogens is 2. The summed E-state index contributed by atoms with van der Waals surface area (Å²) in [6.07, 6.45) is 0. The number of rotatable bonds is 1. The second kappa shape index (κ2) is 3.58. The van der Waals surface area contributed by atoms with Crippen LogP contribution in [-0.2, 0) is 5.41 Å². The van der Waals surface area contributed by atoms with Gasteiger partial charge in [0.05, 0.1) is 11.2 Å². The first-order valence-corrected chi connectivity index (χ1v) is 5.54. The molecule has 17 heavy (non-hydrogen) atoms. The third-order valence-corrected chi connectivity index (χ3v) is 2.74. The summed E-state index contributed by atoms with van der Waals surface area (Å²) in [7, 11) is 0. The summed E-state index contributed by atoms with van der Waals surface area (Å²) in [5, 5.41) is 9.23. The van der Waals surface area contributed by atoms with E-state index in [0.717, 1.165) is 17.0 Å². The van der Waals surface area contributed by atoms with E-state index in [9.17, 15) is 9.90 Å². The Hall–Kier alpha value is -1.84. The molecule has 0 amide bonds. The van der Waals surface area contributed by atoms with Gasteiger partial charge in [0.2, 0.25) is 0 Å². The summed E-state index contributed by atoms with van der Waals surface area (Å²) in [6.45, 7) is 7.98. The molecule has 0 fully saturated rings. The second-order valence-electron chi connectivity index (χ2n) is 5.21. The molecule has 1 N–H and O–H groups in total. The van der Waals surface area contributed by atoms with Crippen molar-refractivity contribution in [1.29, 1.82) is 0 Å². The molecule has 4 nitrogen and oxygen atoms in total. The summed E-state index contributed by atoms with van der Waals surface area (Å²) in [6, 6.07) is 5.25. The van der Waals surface area contributed by atoms with E-state index >= 15 is 0 Å². The van der Waals surface area contributed by atoms with Gasteiger partial charge >= 0.3 is 5.97 Å². The standard InChI is InChI=1S/C13H16N2O2/c1-8-9-6-5-7-10(11(16)17)15(9)12(14-8)13(2,3)4/h5-7H,1-4H3,(H,16,17). The Bertz CT molecular complexity index is 591. The first kappa shape index (κ1) is 11.6. The van der Waals surface area contributed by atoms with Crippen molar-refractivity contribution in [2.45, 2.75) is 33.1 Å². The lowest BCUT2D eigenvalue weighted by Crippen LogP contribution is -2.18. The smallest absolute Gasteiger partial charge is 0.352 e. The zero-order valence-electron chi connectivity index (χ0n) is 10.5. The van der Waals surface area contributed by atoms with Crippen molar-refractivity contribution in [3.63, 3.8) is 0 Å². The molecule has 0 bridgehead atoms. The number of carbonyl (C=O) groups is 1. The van der Waals surface area contributed by atoms with Gasteiger partial charge in [-0.05, 0) is 19.1 Å². The molecule has 2 rings (SSSR count). The summed E-state index contributed by atoms with van der Waals surface area (Å²) < 4.78 is 1.73. The molecule has 2 heterocycles. The van der Waals surface area contributed by atoms with Gasteiger partial charge in [0.1, 0.15) is 11.5 Å². The normalized spacial score (nSPS) is 12.0. The minimum Gasteiger partial charge on any atom is -0.477 e. The van der Waals surface area contributed by atoms with Crippen LogP contribution in [0.25, 0.3) is 5.52 Å². The van der Waals surface area contributed by atoms with Gasteiger partial charge in [0.15, 0.2) is 0 Å². The maximum atomic E-state index is 11.3. The Morgan fingerprint density at radius 3 is 2.53 bits per heavy atom. The first-order valence-electron chi connectivity index (χ1n) is 5.54. The van der Waals surface area contributed by atoms with Crippen molar-refractivity contribution < 1.29 is 9.90 Å². The summed E-state index contributed by atoms with van der Waals surface area (Å²) in [4.78, 5) is 15.8. The van der Waals surface area contributed by atoms with Crippen molar-refractivity contribution in [3.05, 3.63) is 35.4 Å². The lowest BCUT2D eigenvalue weighted by molar-refractivity contribution is 0.0688. The highest BCUT2D eigenvalue weighted by molar-refractivity contribution is 5.87. The fourth-order valence-corrected chi connectivity index (χ4v) is 1.96. The van der Waals surface area contributed by atoms with Crippen LogP contribution in [-0.4, -0.2) is 20.5 Å². The van der Waals surface area contributed by atoms with Crippen molar-refractivity contribution >= 4 is 11.5 Å². The Balaban J connectivity index is 2.91. The number of fused-ring (bicyclic) bond motifs is 1. The number of nitrogens with zero attached hydrogens (tertiary/aromatic N) is 2. The summed E-state index contributed by atoms with van der Waals surface area (Å²) in [5.74, 6) is -0.151. The Labute approximate surface area is 99.9 Å². The van der Waals surface area contributed by atoms with Crippen LogP contribution in [0.2, 0.25) is 0 Å². The van der Waals surface area contributed by atoms with Crippen LogP contribution in [0.4, 0.5) is 0 Å². The second-order valence-corrected chi connectivity index (χ2v) is 5.21. The van der Waals surface area contributed by atoms with Crippen molar-refractivity contribution in [2.75, 3.05) is 0 Å². The number of imidazole rings is 1. The predicted octanol–water partition coefficient (Wildman–Crippen LogP) is 2.64. The third-order valence-electron chi connectivity index (χ3n) is 2.74. The third kappa shape index (κ3) is 1.79. The van der Waals surface area contributed by atoms with Gasteiger partial charge < -0.3 is 5.11 Å². The molecule has 0 spiro atoms. The maximum Gasteiger partial charge on any atom is 0.352 e.